The molecule has 0 fully saturated rings. The van der Waals surface area contributed by atoms with Gasteiger partial charge in [0.25, 0.3) is 0 Å². The molecule has 0 saturated carbocycles. The Bertz CT molecular complexity index is 971. The second-order valence-electron chi connectivity index (χ2n) is 7.25. The zero-order valence-corrected chi connectivity index (χ0v) is 17.8. The maximum absolute atomic E-state index is 13.4. The van der Waals surface area contributed by atoms with Gasteiger partial charge < -0.3 is 15.3 Å². The summed E-state index contributed by atoms with van der Waals surface area (Å²) in [6.45, 7) is 6.43. The highest BCUT2D eigenvalue weighted by atomic mass is 19.1. The van der Waals surface area contributed by atoms with E-state index in [0.717, 1.165) is 35.5 Å². The summed E-state index contributed by atoms with van der Waals surface area (Å²) in [5, 5.41) is 17.4. The first-order valence-electron chi connectivity index (χ1n) is 10.4. The van der Waals surface area contributed by atoms with E-state index in [9.17, 15) is 14.3 Å². The fraction of sp³-hybridized carbons (Fsp3) is 0.348. The number of hydrogen-bond donors (Lipinski definition) is 2. The average Bonchev–Trinajstić information content (AvgIpc) is 3.20. The van der Waals surface area contributed by atoms with Gasteiger partial charge in [-0.15, -0.1) is 0 Å². The van der Waals surface area contributed by atoms with E-state index >= 15 is 0 Å². The minimum atomic E-state index is -0.643. The van der Waals surface area contributed by atoms with Gasteiger partial charge in [0.1, 0.15) is 12.4 Å². The van der Waals surface area contributed by atoms with Crippen LogP contribution in [0.5, 0.6) is 0 Å². The molecule has 0 saturated heterocycles. The van der Waals surface area contributed by atoms with Gasteiger partial charge in [0.2, 0.25) is 5.91 Å². The van der Waals surface area contributed by atoms with Crippen LogP contribution in [-0.2, 0) is 11.3 Å². The van der Waals surface area contributed by atoms with Crippen LogP contribution in [0.2, 0.25) is 0 Å². The Balaban J connectivity index is 1.77. The maximum Gasteiger partial charge on any atom is 0.241 e. The Kier molecular flexibility index (Phi) is 7.86. The van der Waals surface area contributed by atoms with E-state index in [-0.39, 0.29) is 24.8 Å². The number of nitrogens with one attached hydrogen (secondary N) is 1. The predicted molar refractivity (Wildman–Crippen MR) is 118 cm³/mol. The van der Waals surface area contributed by atoms with Crippen molar-refractivity contribution in [1.82, 2.24) is 25.0 Å². The van der Waals surface area contributed by atoms with Gasteiger partial charge in [-0.2, -0.15) is 5.10 Å². The minimum absolute atomic E-state index is 0.00313. The number of carbonyl (C=O) groups excluding carboxylic acids is 1. The Morgan fingerprint density at radius 2 is 1.81 bits per heavy atom. The smallest absolute Gasteiger partial charge is 0.241 e. The summed E-state index contributed by atoms with van der Waals surface area (Å²) in [5.74, 6) is -0.563. The molecular weight excluding hydrogens is 397 g/mol. The molecule has 7 nitrogen and oxygen atoms in total. The molecule has 0 aliphatic heterocycles. The van der Waals surface area contributed by atoms with Crippen LogP contribution >= 0.6 is 0 Å². The topological polar surface area (TPSA) is 83.3 Å². The first-order valence-corrected chi connectivity index (χ1v) is 10.4. The minimum Gasteiger partial charge on any atom is -0.390 e. The van der Waals surface area contributed by atoms with Crippen LogP contribution in [0.25, 0.3) is 22.4 Å². The van der Waals surface area contributed by atoms with Gasteiger partial charge in [0.15, 0.2) is 0 Å². The van der Waals surface area contributed by atoms with Gasteiger partial charge in [-0.25, -0.2) is 4.39 Å². The monoisotopic (exact) mass is 425 g/mol. The van der Waals surface area contributed by atoms with Gasteiger partial charge in [-0.05, 0) is 42.9 Å². The van der Waals surface area contributed by atoms with Crippen molar-refractivity contribution in [1.29, 1.82) is 0 Å². The number of benzene rings is 1. The molecule has 0 radical (unpaired) electrons. The molecule has 31 heavy (non-hydrogen) atoms. The fourth-order valence-electron chi connectivity index (χ4n) is 3.43. The molecule has 0 spiro atoms. The molecule has 164 valence electrons. The summed E-state index contributed by atoms with van der Waals surface area (Å²) >= 11 is 0. The third-order valence-corrected chi connectivity index (χ3v) is 5.14. The van der Waals surface area contributed by atoms with Crippen LogP contribution in [0.3, 0.4) is 0 Å². The summed E-state index contributed by atoms with van der Waals surface area (Å²) in [4.78, 5) is 18.7. The van der Waals surface area contributed by atoms with Crippen molar-refractivity contribution in [3.8, 4) is 22.4 Å². The van der Waals surface area contributed by atoms with Crippen molar-refractivity contribution in [2.75, 3.05) is 26.2 Å². The van der Waals surface area contributed by atoms with E-state index in [1.54, 1.807) is 35.4 Å². The number of rotatable bonds is 10. The number of pyridine rings is 1. The molecule has 1 aromatic carbocycles. The lowest BCUT2D eigenvalue weighted by atomic mass is 10.0. The lowest BCUT2D eigenvalue weighted by molar-refractivity contribution is -0.122. The molecule has 0 aliphatic carbocycles. The molecule has 2 heterocycles. The number of aromatic nitrogens is 3. The molecule has 1 amide bonds. The van der Waals surface area contributed by atoms with Crippen molar-refractivity contribution >= 4 is 5.91 Å². The second-order valence-corrected chi connectivity index (χ2v) is 7.25. The zero-order valence-electron chi connectivity index (χ0n) is 17.8. The summed E-state index contributed by atoms with van der Waals surface area (Å²) in [6.07, 6.45) is 4.37. The summed E-state index contributed by atoms with van der Waals surface area (Å²) in [6, 6.07) is 9.84. The second kappa shape index (κ2) is 10.8. The van der Waals surface area contributed by atoms with Crippen molar-refractivity contribution in [3.63, 3.8) is 0 Å². The van der Waals surface area contributed by atoms with E-state index in [4.69, 9.17) is 0 Å². The van der Waals surface area contributed by atoms with Gasteiger partial charge in [0.05, 0.1) is 18.0 Å². The Morgan fingerprint density at radius 1 is 1.13 bits per heavy atom. The molecule has 2 N–H and O–H groups in total. The van der Waals surface area contributed by atoms with Crippen LogP contribution in [0.4, 0.5) is 4.39 Å². The number of amides is 1. The highest BCUT2D eigenvalue weighted by molar-refractivity contribution is 5.82. The van der Waals surface area contributed by atoms with Crippen molar-refractivity contribution in [2.45, 2.75) is 26.5 Å². The van der Waals surface area contributed by atoms with E-state index in [0.29, 0.717) is 6.54 Å². The summed E-state index contributed by atoms with van der Waals surface area (Å²) in [5.41, 5.74) is 3.18. The van der Waals surface area contributed by atoms with Crippen LogP contribution in [0.1, 0.15) is 13.8 Å². The van der Waals surface area contributed by atoms with Crippen molar-refractivity contribution in [2.24, 2.45) is 0 Å². The number of hydrogen-bond acceptors (Lipinski definition) is 5. The lowest BCUT2D eigenvalue weighted by Gasteiger charge is -2.22. The molecule has 0 aliphatic rings. The van der Waals surface area contributed by atoms with Crippen molar-refractivity contribution < 1.29 is 14.3 Å². The van der Waals surface area contributed by atoms with Crippen LogP contribution < -0.4 is 5.32 Å². The third kappa shape index (κ3) is 5.96. The fourth-order valence-corrected chi connectivity index (χ4v) is 3.43. The Morgan fingerprint density at radius 3 is 2.45 bits per heavy atom. The van der Waals surface area contributed by atoms with E-state index in [1.165, 1.54) is 12.1 Å². The Labute approximate surface area is 181 Å². The number of halogens is 1. The molecule has 0 bridgehead atoms. The first-order chi connectivity index (χ1) is 15.0. The molecule has 1 atom stereocenters. The van der Waals surface area contributed by atoms with Crippen LogP contribution in [0.15, 0.2) is 55.0 Å². The molecule has 8 heteroatoms. The third-order valence-electron chi connectivity index (χ3n) is 5.14. The molecule has 2 aromatic heterocycles. The molecular formula is C23H28FN5O2. The molecule has 1 unspecified atom stereocenters. The number of likely N-dealkylation sites (N-methyl/N-ethyl adjacent to an activating group) is 1. The highest BCUT2D eigenvalue weighted by Crippen LogP contribution is 2.31. The van der Waals surface area contributed by atoms with E-state index < -0.39 is 6.10 Å². The lowest BCUT2D eigenvalue weighted by Crippen LogP contribution is -2.41. The maximum atomic E-state index is 13.4. The SMILES string of the molecule is CCN(CC)CC(O)CNC(=O)Cn1ncc(-c2ccc(F)cc2)c1-c1ccncc1. The standard InChI is InChI=1S/C23H28FN5O2/c1-3-28(4-2)15-20(30)13-26-22(31)16-29-23(18-9-11-25-12-10-18)21(14-27-29)17-5-7-19(24)8-6-17/h5-12,14,20,30H,3-4,13,15-16H2,1-2H3,(H,26,31). The van der Waals surface area contributed by atoms with E-state index in [1.807, 2.05) is 26.0 Å². The number of nitrogens with zero attached hydrogens (tertiary/aromatic N) is 4. The van der Waals surface area contributed by atoms with Gasteiger partial charge in [0, 0.05) is 36.6 Å². The predicted octanol–water partition coefficient (Wildman–Crippen LogP) is 2.57. The van der Waals surface area contributed by atoms with Crippen LogP contribution in [0, 0.1) is 5.82 Å². The van der Waals surface area contributed by atoms with Gasteiger partial charge >= 0.3 is 0 Å². The summed E-state index contributed by atoms with van der Waals surface area (Å²) < 4.78 is 15.0. The van der Waals surface area contributed by atoms with E-state index in [2.05, 4.69) is 20.3 Å². The van der Waals surface area contributed by atoms with Gasteiger partial charge in [-0.3, -0.25) is 14.5 Å². The normalized spacial score (nSPS) is 12.2. The highest BCUT2D eigenvalue weighted by Gasteiger charge is 2.17. The van der Waals surface area contributed by atoms with Gasteiger partial charge in [-0.1, -0.05) is 26.0 Å². The number of carbonyl (C=O) groups is 1. The largest absolute Gasteiger partial charge is 0.390 e. The summed E-state index contributed by atoms with van der Waals surface area (Å²) in [7, 11) is 0. The van der Waals surface area contributed by atoms with Crippen LogP contribution in [-0.4, -0.2) is 63.0 Å². The molecule has 3 aromatic rings. The zero-order chi connectivity index (χ0) is 22.2. The Hall–Kier alpha value is -3.10. The number of aliphatic hydroxyl groups is 1. The average molecular weight is 426 g/mol. The van der Waals surface area contributed by atoms with Crippen molar-refractivity contribution in [3.05, 3.63) is 60.8 Å². The first kappa shape index (κ1) is 22.6. The molecule has 3 rings (SSSR count). The number of aliphatic hydroxyl groups excluding tert-OH is 1. The quantitative estimate of drug-likeness (QED) is 0.522.